The summed E-state index contributed by atoms with van der Waals surface area (Å²) < 4.78 is 11.3. The van der Waals surface area contributed by atoms with Crippen LogP contribution in [0.1, 0.15) is 46.6 Å². The summed E-state index contributed by atoms with van der Waals surface area (Å²) in [4.78, 5) is 15.2. The number of hydrogen-bond donors (Lipinski definition) is 1. The number of hydrogen-bond acceptors (Lipinski definition) is 4. The molecule has 0 spiro atoms. The van der Waals surface area contributed by atoms with E-state index in [1.807, 2.05) is 77.7 Å². The lowest BCUT2D eigenvalue weighted by Gasteiger charge is -2.26. The first-order valence-corrected chi connectivity index (χ1v) is 12.0. The van der Waals surface area contributed by atoms with Gasteiger partial charge in [-0.3, -0.25) is 9.89 Å². The van der Waals surface area contributed by atoms with Crippen molar-refractivity contribution in [1.29, 1.82) is 0 Å². The second kappa shape index (κ2) is 9.84. The number of aromatic nitrogens is 2. The Bertz CT molecular complexity index is 1330. The number of ether oxygens (including phenoxy) is 2. The molecule has 6 nitrogen and oxygen atoms in total. The van der Waals surface area contributed by atoms with E-state index in [-0.39, 0.29) is 11.9 Å². The van der Waals surface area contributed by atoms with Gasteiger partial charge in [0.25, 0.3) is 5.91 Å². The predicted octanol–water partition coefficient (Wildman–Crippen LogP) is 6.27. The summed E-state index contributed by atoms with van der Waals surface area (Å²) in [5.74, 6) is 1.48. The summed E-state index contributed by atoms with van der Waals surface area (Å²) in [5, 5.41) is 8.20. The molecule has 7 heteroatoms. The highest BCUT2D eigenvalue weighted by Gasteiger charge is 2.41. The Hall–Kier alpha value is -3.77. The first-order chi connectivity index (χ1) is 17.1. The fourth-order valence-corrected chi connectivity index (χ4v) is 4.70. The van der Waals surface area contributed by atoms with Gasteiger partial charge in [0.05, 0.1) is 18.8 Å². The topological polar surface area (TPSA) is 67.5 Å². The number of aromatic amines is 1. The largest absolute Gasteiger partial charge is 0.497 e. The molecule has 5 rings (SSSR count). The Morgan fingerprint density at radius 1 is 1.00 bits per heavy atom. The molecule has 1 unspecified atom stereocenters. The third kappa shape index (κ3) is 4.37. The zero-order valence-corrected chi connectivity index (χ0v) is 20.4. The van der Waals surface area contributed by atoms with Crippen LogP contribution in [-0.2, 0) is 6.61 Å². The van der Waals surface area contributed by atoms with Crippen LogP contribution in [0.2, 0.25) is 5.02 Å². The van der Waals surface area contributed by atoms with E-state index in [0.717, 1.165) is 45.9 Å². The van der Waals surface area contributed by atoms with E-state index in [1.165, 1.54) is 0 Å². The number of H-pyrrole nitrogens is 1. The molecular formula is C28H26ClN3O3. The zero-order chi connectivity index (χ0) is 24.4. The average Bonchev–Trinajstić information content (AvgIpc) is 3.43. The Morgan fingerprint density at radius 2 is 1.71 bits per heavy atom. The fraction of sp³-hybridized carbons (Fsp3) is 0.214. The number of benzene rings is 3. The van der Waals surface area contributed by atoms with Crippen LogP contribution < -0.4 is 9.47 Å². The van der Waals surface area contributed by atoms with Gasteiger partial charge in [-0.25, -0.2) is 0 Å². The number of methoxy groups -OCH3 is 1. The van der Waals surface area contributed by atoms with Gasteiger partial charge < -0.3 is 14.4 Å². The van der Waals surface area contributed by atoms with Crippen LogP contribution in [0.5, 0.6) is 11.5 Å². The number of carbonyl (C=O) groups is 1. The highest BCUT2D eigenvalue weighted by atomic mass is 35.5. The maximum atomic E-state index is 13.3. The average molecular weight is 488 g/mol. The minimum atomic E-state index is -0.231. The Labute approximate surface area is 209 Å². The van der Waals surface area contributed by atoms with Crippen LogP contribution in [0.15, 0.2) is 72.8 Å². The standard InChI is InChI=1S/C28H26ClN3O3/c1-3-16-32-27(19-10-14-22(15-11-19)35-17-20-6-4-5-7-23(20)29)24-25(30-31-26(24)28(32)33)18-8-12-21(34-2)13-9-18/h4-15,27H,3,16-17H2,1-2H3,(H,30,31). The van der Waals surface area contributed by atoms with Gasteiger partial charge in [-0.2, -0.15) is 5.10 Å². The molecule has 1 atom stereocenters. The number of nitrogens with zero attached hydrogens (tertiary/aromatic N) is 2. The molecule has 0 saturated carbocycles. The monoisotopic (exact) mass is 487 g/mol. The van der Waals surface area contributed by atoms with Crippen LogP contribution in [0, 0.1) is 0 Å². The van der Waals surface area contributed by atoms with Crippen molar-refractivity contribution in [3.63, 3.8) is 0 Å². The van der Waals surface area contributed by atoms with E-state index in [9.17, 15) is 4.79 Å². The highest BCUT2D eigenvalue weighted by Crippen LogP contribution is 2.43. The number of rotatable bonds is 8. The Morgan fingerprint density at radius 3 is 2.40 bits per heavy atom. The summed E-state index contributed by atoms with van der Waals surface area (Å²) in [6.07, 6.45) is 0.858. The van der Waals surface area contributed by atoms with Crippen molar-refractivity contribution in [2.75, 3.05) is 13.7 Å². The molecule has 1 aliphatic heterocycles. The van der Waals surface area contributed by atoms with Crippen LogP contribution in [-0.4, -0.2) is 34.7 Å². The van der Waals surface area contributed by atoms with Crippen molar-refractivity contribution >= 4 is 17.5 Å². The number of halogens is 1. The molecule has 2 heterocycles. The fourth-order valence-electron chi connectivity index (χ4n) is 4.51. The van der Waals surface area contributed by atoms with Gasteiger partial charge in [-0.1, -0.05) is 48.9 Å². The van der Waals surface area contributed by atoms with Crippen LogP contribution in [0.3, 0.4) is 0 Å². The van der Waals surface area contributed by atoms with Crippen LogP contribution in [0.25, 0.3) is 11.3 Å². The van der Waals surface area contributed by atoms with Gasteiger partial charge in [0.1, 0.15) is 23.8 Å². The quantitative estimate of drug-likeness (QED) is 0.318. The van der Waals surface area contributed by atoms with Crippen molar-refractivity contribution in [2.45, 2.75) is 26.0 Å². The molecular weight excluding hydrogens is 462 g/mol. The lowest BCUT2D eigenvalue weighted by Crippen LogP contribution is -2.30. The molecule has 1 aromatic heterocycles. The van der Waals surface area contributed by atoms with Crippen molar-refractivity contribution < 1.29 is 14.3 Å². The second-order valence-electron chi connectivity index (χ2n) is 8.44. The van der Waals surface area contributed by atoms with Crippen molar-refractivity contribution in [1.82, 2.24) is 15.1 Å². The molecule has 1 aliphatic rings. The molecule has 4 aromatic rings. The van der Waals surface area contributed by atoms with Gasteiger partial charge >= 0.3 is 0 Å². The van der Waals surface area contributed by atoms with Crippen LogP contribution in [0.4, 0.5) is 0 Å². The van der Waals surface area contributed by atoms with E-state index < -0.39 is 0 Å². The maximum Gasteiger partial charge on any atom is 0.273 e. The summed E-state index contributed by atoms with van der Waals surface area (Å²) in [7, 11) is 1.64. The summed E-state index contributed by atoms with van der Waals surface area (Å²) in [6.45, 7) is 3.11. The molecule has 1 N–H and O–H groups in total. The van der Waals surface area contributed by atoms with Gasteiger partial charge in [-0.05, 0) is 54.4 Å². The van der Waals surface area contributed by atoms with E-state index in [1.54, 1.807) is 7.11 Å². The minimum absolute atomic E-state index is 0.0295. The van der Waals surface area contributed by atoms with Gasteiger partial charge in [0.15, 0.2) is 0 Å². The molecule has 0 radical (unpaired) electrons. The second-order valence-corrected chi connectivity index (χ2v) is 8.85. The predicted molar refractivity (Wildman–Crippen MR) is 136 cm³/mol. The van der Waals surface area contributed by atoms with Crippen molar-refractivity contribution in [3.05, 3.63) is 100 Å². The molecule has 1 amide bonds. The van der Waals surface area contributed by atoms with Gasteiger partial charge in [-0.15, -0.1) is 0 Å². The van der Waals surface area contributed by atoms with Gasteiger partial charge in [0.2, 0.25) is 0 Å². The SMILES string of the molecule is CCCN1C(=O)c2[nH]nc(-c3ccc(OC)cc3)c2C1c1ccc(OCc2ccccc2Cl)cc1. The number of nitrogens with one attached hydrogen (secondary N) is 1. The maximum absolute atomic E-state index is 13.3. The molecule has 0 aliphatic carbocycles. The number of carbonyl (C=O) groups excluding carboxylic acids is 1. The third-order valence-corrected chi connectivity index (χ3v) is 6.61. The summed E-state index contributed by atoms with van der Waals surface area (Å²) in [5.41, 5.74) is 5.09. The molecule has 0 saturated heterocycles. The highest BCUT2D eigenvalue weighted by molar-refractivity contribution is 6.31. The number of amides is 1. The van der Waals surface area contributed by atoms with Gasteiger partial charge in [0, 0.05) is 28.3 Å². The lowest BCUT2D eigenvalue weighted by molar-refractivity contribution is 0.0744. The Kier molecular flexibility index (Phi) is 6.47. The minimum Gasteiger partial charge on any atom is -0.497 e. The smallest absolute Gasteiger partial charge is 0.273 e. The third-order valence-electron chi connectivity index (χ3n) is 6.24. The first kappa shape index (κ1) is 23.0. The molecule has 3 aromatic carbocycles. The Balaban J connectivity index is 1.46. The van der Waals surface area contributed by atoms with E-state index in [4.69, 9.17) is 21.1 Å². The molecule has 0 fully saturated rings. The molecule has 178 valence electrons. The van der Waals surface area contributed by atoms with Crippen molar-refractivity contribution in [2.24, 2.45) is 0 Å². The molecule has 35 heavy (non-hydrogen) atoms. The summed E-state index contributed by atoms with van der Waals surface area (Å²) in [6, 6.07) is 23.0. The van der Waals surface area contributed by atoms with E-state index in [0.29, 0.717) is 23.9 Å². The normalized spacial score (nSPS) is 14.8. The van der Waals surface area contributed by atoms with E-state index in [2.05, 4.69) is 17.1 Å². The molecule has 0 bridgehead atoms. The first-order valence-electron chi connectivity index (χ1n) is 11.6. The lowest BCUT2D eigenvalue weighted by atomic mass is 9.96. The van der Waals surface area contributed by atoms with E-state index >= 15 is 0 Å². The van der Waals surface area contributed by atoms with Crippen molar-refractivity contribution in [3.8, 4) is 22.8 Å². The van der Waals surface area contributed by atoms with Crippen LogP contribution >= 0.6 is 11.6 Å². The number of fused-ring (bicyclic) bond motifs is 1. The zero-order valence-electron chi connectivity index (χ0n) is 19.6. The summed E-state index contributed by atoms with van der Waals surface area (Å²) >= 11 is 6.25.